The average molecular weight is 273 g/mol. The highest BCUT2D eigenvalue weighted by atomic mass is 14.7. The van der Waals surface area contributed by atoms with E-state index in [1.807, 2.05) is 6.20 Å². The molecule has 0 atom stereocenters. The minimum Gasteiger partial charge on any atom is -0.256 e. The van der Waals surface area contributed by atoms with Crippen molar-refractivity contribution in [3.05, 3.63) is 77.5 Å². The molecule has 0 N–H and O–H groups in total. The van der Waals surface area contributed by atoms with Crippen LogP contribution in [0.4, 0.5) is 0 Å². The summed E-state index contributed by atoms with van der Waals surface area (Å²) in [6.07, 6.45) is 1.99. The Kier molecular flexibility index (Phi) is 3.57. The van der Waals surface area contributed by atoms with E-state index in [1.165, 1.54) is 33.4 Å². The van der Waals surface area contributed by atoms with E-state index in [0.29, 0.717) is 0 Å². The fourth-order valence-corrected chi connectivity index (χ4v) is 2.68. The van der Waals surface area contributed by atoms with Crippen molar-refractivity contribution in [2.45, 2.75) is 20.8 Å². The number of aryl methyl sites for hydroxylation is 3. The van der Waals surface area contributed by atoms with E-state index in [-0.39, 0.29) is 0 Å². The van der Waals surface area contributed by atoms with Gasteiger partial charge in [-0.1, -0.05) is 54.1 Å². The molecule has 0 radical (unpaired) electrons. The summed E-state index contributed by atoms with van der Waals surface area (Å²) in [4.78, 5) is 4.68. The molecular weight excluding hydrogens is 254 g/mol. The molecule has 0 fully saturated rings. The van der Waals surface area contributed by atoms with Gasteiger partial charge in [0.2, 0.25) is 0 Å². The zero-order valence-electron chi connectivity index (χ0n) is 12.7. The third kappa shape index (κ3) is 2.73. The molecule has 2 aromatic carbocycles. The van der Waals surface area contributed by atoms with Crippen LogP contribution in [0.5, 0.6) is 0 Å². The number of hydrogen-bond donors (Lipinski definition) is 0. The molecule has 0 aliphatic rings. The van der Waals surface area contributed by atoms with Crippen LogP contribution in [-0.2, 0) is 0 Å². The zero-order chi connectivity index (χ0) is 14.8. The van der Waals surface area contributed by atoms with E-state index in [2.05, 4.69) is 80.4 Å². The molecule has 0 spiro atoms. The van der Waals surface area contributed by atoms with Crippen LogP contribution in [0.3, 0.4) is 0 Å². The molecule has 0 bridgehead atoms. The highest BCUT2D eigenvalue weighted by Crippen LogP contribution is 2.28. The first-order chi connectivity index (χ1) is 10.1. The van der Waals surface area contributed by atoms with Crippen molar-refractivity contribution in [3.63, 3.8) is 0 Å². The van der Waals surface area contributed by atoms with Crippen molar-refractivity contribution >= 4 is 0 Å². The molecule has 21 heavy (non-hydrogen) atoms. The molecule has 1 aromatic heterocycles. The van der Waals surface area contributed by atoms with Crippen LogP contribution in [0.25, 0.3) is 22.4 Å². The molecule has 0 amide bonds. The van der Waals surface area contributed by atoms with Crippen molar-refractivity contribution < 1.29 is 0 Å². The van der Waals surface area contributed by atoms with Gasteiger partial charge < -0.3 is 0 Å². The highest BCUT2D eigenvalue weighted by Gasteiger charge is 2.07. The molecule has 0 saturated heterocycles. The molecule has 0 saturated carbocycles. The minimum atomic E-state index is 1.04. The first-order valence-corrected chi connectivity index (χ1v) is 7.25. The minimum absolute atomic E-state index is 1.04. The smallest absolute Gasteiger partial charge is 0.0707 e. The van der Waals surface area contributed by atoms with Crippen molar-refractivity contribution in [1.29, 1.82) is 0 Å². The molecule has 3 rings (SSSR count). The Morgan fingerprint density at radius 3 is 2.24 bits per heavy atom. The Labute approximate surface area is 126 Å². The number of rotatable bonds is 2. The van der Waals surface area contributed by atoms with Gasteiger partial charge in [0.05, 0.1) is 5.69 Å². The summed E-state index contributed by atoms with van der Waals surface area (Å²) >= 11 is 0. The second kappa shape index (κ2) is 5.53. The number of pyridine rings is 1. The van der Waals surface area contributed by atoms with Gasteiger partial charge in [-0.25, -0.2) is 0 Å². The summed E-state index contributed by atoms with van der Waals surface area (Å²) in [5.41, 5.74) is 8.47. The largest absolute Gasteiger partial charge is 0.256 e. The third-order valence-electron chi connectivity index (χ3n) is 3.86. The van der Waals surface area contributed by atoms with Gasteiger partial charge in [-0.15, -0.1) is 0 Å². The molecule has 1 nitrogen and oxygen atoms in total. The van der Waals surface area contributed by atoms with Gasteiger partial charge in [0.15, 0.2) is 0 Å². The number of hydrogen-bond acceptors (Lipinski definition) is 1. The first kappa shape index (κ1) is 13.6. The van der Waals surface area contributed by atoms with Gasteiger partial charge >= 0.3 is 0 Å². The van der Waals surface area contributed by atoms with Crippen molar-refractivity contribution in [2.75, 3.05) is 0 Å². The van der Waals surface area contributed by atoms with Crippen LogP contribution < -0.4 is 0 Å². The first-order valence-electron chi connectivity index (χ1n) is 7.25. The Hall–Kier alpha value is -2.41. The summed E-state index contributed by atoms with van der Waals surface area (Å²) in [6.45, 7) is 6.40. The van der Waals surface area contributed by atoms with E-state index in [4.69, 9.17) is 0 Å². The van der Waals surface area contributed by atoms with E-state index < -0.39 is 0 Å². The maximum Gasteiger partial charge on any atom is 0.0707 e. The van der Waals surface area contributed by atoms with Gasteiger partial charge in [0.1, 0.15) is 0 Å². The van der Waals surface area contributed by atoms with E-state index >= 15 is 0 Å². The lowest BCUT2D eigenvalue weighted by atomic mass is 9.98. The summed E-state index contributed by atoms with van der Waals surface area (Å²) in [6, 6.07) is 19.1. The fourth-order valence-electron chi connectivity index (χ4n) is 2.68. The quantitative estimate of drug-likeness (QED) is 0.614. The lowest BCUT2D eigenvalue weighted by Crippen LogP contribution is -1.91. The maximum absolute atomic E-state index is 4.68. The van der Waals surface area contributed by atoms with Crippen molar-refractivity contribution in [1.82, 2.24) is 4.98 Å². The van der Waals surface area contributed by atoms with E-state index in [0.717, 1.165) is 5.69 Å². The highest BCUT2D eigenvalue weighted by molar-refractivity contribution is 5.71. The maximum atomic E-state index is 4.68. The van der Waals surface area contributed by atoms with Crippen LogP contribution in [0.1, 0.15) is 16.7 Å². The second-order valence-electron chi connectivity index (χ2n) is 5.57. The molecule has 0 unspecified atom stereocenters. The SMILES string of the molecule is Cc1cccc(-c2cnc(-c3ccccc3C)cc2C)c1. The Balaban J connectivity index is 2.07. The second-order valence-corrected chi connectivity index (χ2v) is 5.57. The summed E-state index contributed by atoms with van der Waals surface area (Å²) < 4.78 is 0. The van der Waals surface area contributed by atoms with Crippen molar-refractivity contribution in [3.8, 4) is 22.4 Å². The van der Waals surface area contributed by atoms with Crippen molar-refractivity contribution in [2.24, 2.45) is 0 Å². The molecule has 3 aromatic rings. The summed E-state index contributed by atoms with van der Waals surface area (Å²) in [7, 11) is 0. The Morgan fingerprint density at radius 1 is 0.714 bits per heavy atom. The molecule has 1 heteroatoms. The molecule has 0 aliphatic carbocycles. The van der Waals surface area contributed by atoms with E-state index in [9.17, 15) is 0 Å². The predicted octanol–water partition coefficient (Wildman–Crippen LogP) is 5.34. The number of benzene rings is 2. The van der Waals surface area contributed by atoms with Crippen LogP contribution in [0, 0.1) is 20.8 Å². The Bertz CT molecular complexity index is 787. The summed E-state index contributed by atoms with van der Waals surface area (Å²) in [5, 5.41) is 0. The lowest BCUT2D eigenvalue weighted by Gasteiger charge is -2.10. The lowest BCUT2D eigenvalue weighted by molar-refractivity contribution is 1.27. The van der Waals surface area contributed by atoms with Gasteiger partial charge in [0.25, 0.3) is 0 Å². The predicted molar refractivity (Wildman–Crippen MR) is 89.3 cm³/mol. The standard InChI is InChI=1S/C20H19N/c1-14-7-6-9-17(11-14)19-13-21-20(12-16(19)3)18-10-5-4-8-15(18)2/h4-13H,1-3H3. The van der Waals surface area contributed by atoms with Crippen LogP contribution in [-0.4, -0.2) is 4.98 Å². The molecule has 0 aliphatic heterocycles. The number of nitrogens with zero attached hydrogens (tertiary/aromatic N) is 1. The molecule has 1 heterocycles. The van der Waals surface area contributed by atoms with Crippen LogP contribution >= 0.6 is 0 Å². The fraction of sp³-hybridized carbons (Fsp3) is 0.150. The Morgan fingerprint density at radius 2 is 1.52 bits per heavy atom. The molecular formula is C20H19N. The van der Waals surface area contributed by atoms with Gasteiger partial charge in [-0.05, 0) is 43.5 Å². The topological polar surface area (TPSA) is 12.9 Å². The van der Waals surface area contributed by atoms with Crippen LogP contribution in [0.15, 0.2) is 60.8 Å². The normalized spacial score (nSPS) is 10.6. The summed E-state index contributed by atoms with van der Waals surface area (Å²) in [5.74, 6) is 0. The monoisotopic (exact) mass is 273 g/mol. The zero-order valence-corrected chi connectivity index (χ0v) is 12.7. The van der Waals surface area contributed by atoms with Gasteiger partial charge in [-0.3, -0.25) is 4.98 Å². The number of aromatic nitrogens is 1. The van der Waals surface area contributed by atoms with Gasteiger partial charge in [-0.2, -0.15) is 0 Å². The van der Waals surface area contributed by atoms with Crippen LogP contribution in [0.2, 0.25) is 0 Å². The van der Waals surface area contributed by atoms with Gasteiger partial charge in [0, 0.05) is 17.3 Å². The average Bonchev–Trinajstić information content (AvgIpc) is 2.47. The molecule has 104 valence electrons. The third-order valence-corrected chi connectivity index (χ3v) is 3.86. The van der Waals surface area contributed by atoms with E-state index in [1.54, 1.807) is 0 Å².